The van der Waals surface area contributed by atoms with E-state index in [1.807, 2.05) is 0 Å². The largest absolute Gasteiger partial charge is 0.530 e. The summed E-state index contributed by atoms with van der Waals surface area (Å²) >= 11 is 0. The number of fused-ring (bicyclic) bond motifs is 1. The van der Waals surface area contributed by atoms with Gasteiger partial charge in [0.05, 0.1) is 23.4 Å². The first-order valence-electron chi connectivity index (χ1n) is 10.6. The minimum Gasteiger partial charge on any atom is -0.530 e. The number of Topliss-reactive ketones (excluding diaryl/α,β-unsaturated/α-hetero) is 1. The van der Waals surface area contributed by atoms with E-state index in [-0.39, 0.29) is 17.3 Å². The molecule has 36 heavy (non-hydrogen) atoms. The number of alkyl halides is 6. The second kappa shape index (κ2) is 9.14. The summed E-state index contributed by atoms with van der Waals surface area (Å²) in [5.74, 6) is -1.61. The van der Waals surface area contributed by atoms with Crippen LogP contribution in [0.25, 0.3) is 0 Å². The number of para-hydroxylation sites is 1. The first-order chi connectivity index (χ1) is 16.4. The van der Waals surface area contributed by atoms with E-state index in [0.29, 0.717) is 17.0 Å². The fraction of sp³-hybridized carbons (Fsp3) is 0.375. The number of hydrogen-bond acceptors (Lipinski definition) is 4. The number of rotatable bonds is 3. The zero-order valence-corrected chi connectivity index (χ0v) is 19.3. The molecule has 194 valence electrons. The minimum absolute atomic E-state index is 0.0245. The van der Waals surface area contributed by atoms with Crippen LogP contribution in [0.1, 0.15) is 54.2 Å². The fourth-order valence-corrected chi connectivity index (χ4v) is 4.14. The Labute approximate surface area is 202 Å². The molecule has 0 radical (unpaired) electrons. The monoisotopic (exact) mass is 515 g/mol. The standard InChI is InChI=1S/C24H22F6N2O4/c1-22(2,3)32(21(35)36)18-11-19(33)16-6-4-5-7-17(16)31(20(18)34)12-13-8-14(23(25,26)27)10-15(9-13)24(28,29)30/h4-10,18H,11-12H2,1-3H3,(H,35,36)/p-1/t18-/m1/s1. The van der Waals surface area contributed by atoms with Crippen LogP contribution in [-0.4, -0.2) is 34.3 Å². The Morgan fingerprint density at radius 3 is 1.97 bits per heavy atom. The van der Waals surface area contributed by atoms with Gasteiger partial charge in [0.1, 0.15) is 12.1 Å². The zero-order chi connectivity index (χ0) is 27.2. The molecule has 0 saturated heterocycles. The van der Waals surface area contributed by atoms with E-state index in [1.165, 1.54) is 45.0 Å². The molecule has 0 saturated carbocycles. The topological polar surface area (TPSA) is 80.8 Å². The molecular weight excluding hydrogens is 494 g/mol. The summed E-state index contributed by atoms with van der Waals surface area (Å²) in [7, 11) is 0. The van der Waals surface area contributed by atoms with E-state index in [0.717, 1.165) is 4.90 Å². The third-order valence-electron chi connectivity index (χ3n) is 5.64. The maximum Gasteiger partial charge on any atom is 0.416 e. The molecule has 2 aromatic carbocycles. The summed E-state index contributed by atoms with van der Waals surface area (Å²) in [5.41, 5.74) is -4.95. The summed E-state index contributed by atoms with van der Waals surface area (Å²) in [6, 6.07) is 4.85. The number of hydrogen-bond donors (Lipinski definition) is 0. The van der Waals surface area contributed by atoms with E-state index in [4.69, 9.17) is 0 Å². The number of carbonyl (C=O) groups excluding carboxylic acids is 3. The lowest BCUT2D eigenvalue weighted by Gasteiger charge is -2.43. The molecule has 1 aliphatic heterocycles. The number of carboxylic acid groups (broad SMARTS) is 1. The summed E-state index contributed by atoms with van der Waals surface area (Å²) in [5, 5.41) is 11.9. The third-order valence-corrected chi connectivity index (χ3v) is 5.64. The highest BCUT2D eigenvalue weighted by Crippen LogP contribution is 2.38. The first-order valence-corrected chi connectivity index (χ1v) is 10.6. The van der Waals surface area contributed by atoms with E-state index >= 15 is 0 Å². The average Bonchev–Trinajstić information content (AvgIpc) is 2.82. The van der Waals surface area contributed by atoms with Crippen molar-refractivity contribution in [2.75, 3.05) is 4.90 Å². The van der Waals surface area contributed by atoms with Gasteiger partial charge in [-0.15, -0.1) is 0 Å². The quantitative estimate of drug-likeness (QED) is 0.558. The second-order valence-corrected chi connectivity index (χ2v) is 9.31. The van der Waals surface area contributed by atoms with Crippen molar-refractivity contribution in [3.05, 3.63) is 64.7 Å². The molecule has 1 heterocycles. The molecule has 2 amide bonds. The number of anilines is 1. The first kappa shape index (κ1) is 27.0. The number of carbonyl (C=O) groups is 3. The summed E-state index contributed by atoms with van der Waals surface area (Å²) < 4.78 is 80.2. The molecule has 0 N–H and O–H groups in total. The molecule has 0 unspecified atom stereocenters. The smallest absolute Gasteiger partial charge is 0.416 e. The van der Waals surface area contributed by atoms with Crippen LogP contribution >= 0.6 is 0 Å². The Bertz CT molecular complexity index is 1170. The molecule has 0 bridgehead atoms. The average molecular weight is 515 g/mol. The molecule has 1 aliphatic rings. The van der Waals surface area contributed by atoms with E-state index in [1.54, 1.807) is 0 Å². The maximum absolute atomic E-state index is 13.6. The Morgan fingerprint density at radius 1 is 0.972 bits per heavy atom. The second-order valence-electron chi connectivity index (χ2n) is 9.31. The normalized spacial score (nSPS) is 17.0. The van der Waals surface area contributed by atoms with Crippen LogP contribution in [0.4, 0.5) is 36.8 Å². The molecule has 0 fully saturated rings. The van der Waals surface area contributed by atoms with Crippen molar-refractivity contribution < 1.29 is 45.8 Å². The van der Waals surface area contributed by atoms with Crippen molar-refractivity contribution in [1.29, 1.82) is 0 Å². The van der Waals surface area contributed by atoms with Gasteiger partial charge in [-0.1, -0.05) is 12.1 Å². The van der Waals surface area contributed by atoms with Gasteiger partial charge in [-0.25, -0.2) is 0 Å². The number of nitrogens with zero attached hydrogens (tertiary/aromatic N) is 2. The van der Waals surface area contributed by atoms with Crippen LogP contribution in [0.2, 0.25) is 0 Å². The van der Waals surface area contributed by atoms with Gasteiger partial charge in [-0.3, -0.25) is 9.59 Å². The van der Waals surface area contributed by atoms with Gasteiger partial charge in [0.15, 0.2) is 5.78 Å². The van der Waals surface area contributed by atoms with Crippen LogP contribution in [0.3, 0.4) is 0 Å². The highest BCUT2D eigenvalue weighted by atomic mass is 19.4. The molecule has 12 heteroatoms. The van der Waals surface area contributed by atoms with Gasteiger partial charge in [0.2, 0.25) is 0 Å². The molecule has 6 nitrogen and oxygen atoms in total. The Kier molecular flexibility index (Phi) is 6.86. The molecular formula is C24H21F6N2O4-. The molecule has 1 atom stereocenters. The maximum atomic E-state index is 13.6. The lowest BCUT2D eigenvalue weighted by atomic mass is 9.98. The van der Waals surface area contributed by atoms with Crippen molar-refractivity contribution >= 4 is 23.5 Å². The highest BCUT2D eigenvalue weighted by Gasteiger charge is 2.42. The van der Waals surface area contributed by atoms with Crippen molar-refractivity contribution in [1.82, 2.24) is 4.90 Å². The number of ketones is 1. The molecule has 3 rings (SSSR count). The Hall–Kier alpha value is -3.57. The predicted octanol–water partition coefficient (Wildman–Crippen LogP) is 4.66. The molecule has 2 aromatic rings. The van der Waals surface area contributed by atoms with Gasteiger partial charge < -0.3 is 19.7 Å². The Morgan fingerprint density at radius 2 is 1.50 bits per heavy atom. The lowest BCUT2D eigenvalue weighted by molar-refractivity contribution is -0.272. The molecule has 0 aliphatic carbocycles. The summed E-state index contributed by atoms with van der Waals surface area (Å²) in [6.45, 7) is 3.57. The third kappa shape index (κ3) is 5.47. The number of benzene rings is 2. The highest BCUT2D eigenvalue weighted by molar-refractivity contribution is 6.12. The summed E-state index contributed by atoms with van der Waals surface area (Å²) in [4.78, 5) is 40.0. The lowest BCUT2D eigenvalue weighted by Crippen LogP contribution is -2.61. The fourth-order valence-electron chi connectivity index (χ4n) is 4.14. The number of halogens is 6. The van der Waals surface area contributed by atoms with Gasteiger partial charge >= 0.3 is 12.4 Å². The summed E-state index contributed by atoms with van der Waals surface area (Å²) in [6.07, 6.45) is -12.6. The van der Waals surface area contributed by atoms with Gasteiger partial charge in [0.25, 0.3) is 5.91 Å². The predicted molar refractivity (Wildman–Crippen MR) is 114 cm³/mol. The van der Waals surface area contributed by atoms with Crippen molar-refractivity contribution in [3.63, 3.8) is 0 Å². The number of amides is 2. The van der Waals surface area contributed by atoms with Gasteiger partial charge in [0, 0.05) is 17.5 Å². The van der Waals surface area contributed by atoms with Crippen LogP contribution < -0.4 is 10.0 Å². The van der Waals surface area contributed by atoms with Crippen LogP contribution in [0.15, 0.2) is 42.5 Å². The SMILES string of the molecule is CC(C)(C)N(C(=O)[O-])[C@@H]1CC(=O)c2ccccc2N(Cc2cc(C(F)(F)F)cc(C(F)(F)F)c2)C1=O. The van der Waals surface area contributed by atoms with Crippen LogP contribution in [0, 0.1) is 0 Å². The van der Waals surface area contributed by atoms with Gasteiger partial charge in [-0.2, -0.15) is 26.3 Å². The molecule has 0 spiro atoms. The molecule has 0 aromatic heterocycles. The van der Waals surface area contributed by atoms with Gasteiger partial charge in [-0.05, 0) is 56.7 Å². The Balaban J connectivity index is 2.20. The van der Waals surface area contributed by atoms with Crippen LogP contribution in [-0.2, 0) is 23.7 Å². The van der Waals surface area contributed by atoms with Crippen molar-refractivity contribution in [2.24, 2.45) is 0 Å². The zero-order valence-electron chi connectivity index (χ0n) is 19.3. The minimum atomic E-state index is -5.10. The van der Waals surface area contributed by atoms with E-state index in [2.05, 4.69) is 0 Å². The van der Waals surface area contributed by atoms with Crippen molar-refractivity contribution in [2.45, 2.75) is 57.7 Å². The van der Waals surface area contributed by atoms with Crippen LogP contribution in [0.5, 0.6) is 0 Å². The van der Waals surface area contributed by atoms with Crippen molar-refractivity contribution in [3.8, 4) is 0 Å². The van der Waals surface area contributed by atoms with E-state index < -0.39 is 71.4 Å². The van der Waals surface area contributed by atoms with E-state index in [9.17, 15) is 45.8 Å².